The number of carbonyl (C=O) groups excluding carboxylic acids is 1. The van der Waals surface area contributed by atoms with E-state index in [-0.39, 0.29) is 5.92 Å². The molecule has 116 valence electrons. The van der Waals surface area contributed by atoms with Gasteiger partial charge in [-0.15, -0.1) is 0 Å². The van der Waals surface area contributed by atoms with Crippen LogP contribution in [0.5, 0.6) is 0 Å². The topological polar surface area (TPSA) is 32.8 Å². The molecule has 1 amide bonds. The molecule has 0 N–H and O–H groups in total. The van der Waals surface area contributed by atoms with E-state index in [2.05, 4.69) is 9.80 Å². The van der Waals surface area contributed by atoms with Crippen LogP contribution in [0.4, 0.5) is 0 Å². The van der Waals surface area contributed by atoms with Crippen molar-refractivity contribution in [2.45, 2.75) is 39.5 Å². The molecule has 4 nitrogen and oxygen atoms in total. The van der Waals surface area contributed by atoms with E-state index in [1.165, 1.54) is 32.2 Å². The van der Waals surface area contributed by atoms with Crippen molar-refractivity contribution in [3.05, 3.63) is 0 Å². The number of rotatable bonds is 5. The van der Waals surface area contributed by atoms with Crippen molar-refractivity contribution in [1.29, 1.82) is 0 Å². The van der Waals surface area contributed by atoms with Gasteiger partial charge in [-0.25, -0.2) is 0 Å². The first-order chi connectivity index (χ1) is 9.66. The molecule has 2 saturated heterocycles. The number of hydrogen-bond donors (Lipinski definition) is 0. The van der Waals surface area contributed by atoms with Crippen molar-refractivity contribution >= 4 is 5.91 Å². The molecule has 0 saturated carbocycles. The van der Waals surface area contributed by atoms with Gasteiger partial charge in [-0.3, -0.25) is 9.69 Å². The summed E-state index contributed by atoms with van der Waals surface area (Å²) in [6.45, 7) is 11.1. The van der Waals surface area contributed by atoms with Crippen LogP contribution < -0.4 is 0 Å². The summed E-state index contributed by atoms with van der Waals surface area (Å²) in [5, 5.41) is 0. The highest BCUT2D eigenvalue weighted by Gasteiger charge is 2.24. The summed E-state index contributed by atoms with van der Waals surface area (Å²) in [5.74, 6) is 1.30. The maximum absolute atomic E-state index is 11.9. The van der Waals surface area contributed by atoms with E-state index in [4.69, 9.17) is 4.74 Å². The third-order valence-corrected chi connectivity index (χ3v) is 4.61. The Labute approximate surface area is 123 Å². The fourth-order valence-electron chi connectivity index (χ4n) is 3.24. The molecule has 2 rings (SSSR count). The zero-order valence-corrected chi connectivity index (χ0v) is 13.1. The summed E-state index contributed by atoms with van der Waals surface area (Å²) in [4.78, 5) is 16.5. The van der Waals surface area contributed by atoms with Crippen LogP contribution in [0.1, 0.15) is 39.5 Å². The first-order valence-corrected chi connectivity index (χ1v) is 8.25. The van der Waals surface area contributed by atoms with Gasteiger partial charge < -0.3 is 9.64 Å². The smallest absolute Gasteiger partial charge is 0.225 e. The van der Waals surface area contributed by atoms with E-state index in [0.717, 1.165) is 45.3 Å². The third-order valence-electron chi connectivity index (χ3n) is 4.61. The highest BCUT2D eigenvalue weighted by molar-refractivity contribution is 5.78. The number of hydrogen-bond acceptors (Lipinski definition) is 3. The second-order valence-corrected chi connectivity index (χ2v) is 6.52. The minimum absolute atomic E-state index is 0.146. The van der Waals surface area contributed by atoms with Gasteiger partial charge in [-0.05, 0) is 38.1 Å². The molecule has 2 aliphatic heterocycles. The summed E-state index contributed by atoms with van der Waals surface area (Å²) in [6.07, 6.45) is 5.01. The van der Waals surface area contributed by atoms with E-state index in [9.17, 15) is 4.79 Å². The summed E-state index contributed by atoms with van der Waals surface area (Å²) < 4.78 is 5.37. The van der Waals surface area contributed by atoms with Crippen LogP contribution in [0.25, 0.3) is 0 Å². The molecular weight excluding hydrogens is 252 g/mol. The fourth-order valence-corrected chi connectivity index (χ4v) is 3.24. The first-order valence-electron chi connectivity index (χ1n) is 8.25. The second-order valence-electron chi connectivity index (χ2n) is 6.52. The molecule has 0 aromatic heterocycles. The average molecular weight is 282 g/mol. The largest absolute Gasteiger partial charge is 0.379 e. The van der Waals surface area contributed by atoms with Gasteiger partial charge in [0.2, 0.25) is 5.91 Å². The normalized spacial score (nSPS) is 22.4. The van der Waals surface area contributed by atoms with E-state index >= 15 is 0 Å². The molecule has 4 heteroatoms. The van der Waals surface area contributed by atoms with Crippen LogP contribution in [0, 0.1) is 11.8 Å². The Hall–Kier alpha value is -0.610. The third kappa shape index (κ3) is 4.74. The molecule has 0 aromatic carbocycles. The van der Waals surface area contributed by atoms with E-state index in [0.29, 0.717) is 5.91 Å². The lowest BCUT2D eigenvalue weighted by atomic mass is 9.91. The van der Waals surface area contributed by atoms with Crippen molar-refractivity contribution in [3.8, 4) is 0 Å². The lowest BCUT2D eigenvalue weighted by Gasteiger charge is -2.33. The van der Waals surface area contributed by atoms with Gasteiger partial charge in [0.25, 0.3) is 0 Å². The average Bonchev–Trinajstić information content (AvgIpc) is 2.48. The minimum atomic E-state index is 0.146. The Morgan fingerprint density at radius 2 is 1.80 bits per heavy atom. The number of likely N-dealkylation sites (tertiary alicyclic amines) is 1. The molecule has 0 aromatic rings. The quantitative estimate of drug-likeness (QED) is 0.773. The Kier molecular flexibility index (Phi) is 6.30. The minimum Gasteiger partial charge on any atom is -0.379 e. The maximum atomic E-state index is 11.9. The standard InChI is InChI=1S/C16H30N2O2/c1-14(2)16(19)18-8-5-15(6-9-18)4-3-7-17-10-12-20-13-11-17/h14-15H,3-13H2,1-2H3. The van der Waals surface area contributed by atoms with Crippen LogP contribution in [-0.2, 0) is 9.53 Å². The zero-order valence-electron chi connectivity index (χ0n) is 13.1. The zero-order chi connectivity index (χ0) is 14.4. The van der Waals surface area contributed by atoms with Gasteiger partial charge in [0.1, 0.15) is 0 Å². The molecule has 0 aliphatic carbocycles. The predicted molar refractivity (Wildman–Crippen MR) is 80.6 cm³/mol. The number of piperidine rings is 1. The molecule has 0 spiro atoms. The highest BCUT2D eigenvalue weighted by Crippen LogP contribution is 2.23. The Balaban J connectivity index is 1.58. The maximum Gasteiger partial charge on any atom is 0.225 e. The van der Waals surface area contributed by atoms with Crippen LogP contribution >= 0.6 is 0 Å². The van der Waals surface area contributed by atoms with Crippen molar-refractivity contribution in [1.82, 2.24) is 9.80 Å². The number of nitrogens with zero attached hydrogens (tertiary/aromatic N) is 2. The van der Waals surface area contributed by atoms with Crippen LogP contribution in [0.3, 0.4) is 0 Å². The second kappa shape index (κ2) is 7.99. The predicted octanol–water partition coefficient (Wildman–Crippen LogP) is 1.99. The van der Waals surface area contributed by atoms with E-state index < -0.39 is 0 Å². The molecule has 2 heterocycles. The molecule has 0 bridgehead atoms. The molecule has 0 atom stereocenters. The molecule has 0 unspecified atom stereocenters. The fraction of sp³-hybridized carbons (Fsp3) is 0.938. The molecule has 2 fully saturated rings. The summed E-state index contributed by atoms with van der Waals surface area (Å²) in [5.41, 5.74) is 0. The van der Waals surface area contributed by atoms with Gasteiger partial charge in [0.05, 0.1) is 13.2 Å². The lowest BCUT2D eigenvalue weighted by molar-refractivity contribution is -0.135. The monoisotopic (exact) mass is 282 g/mol. The summed E-state index contributed by atoms with van der Waals surface area (Å²) >= 11 is 0. The highest BCUT2D eigenvalue weighted by atomic mass is 16.5. The Morgan fingerprint density at radius 1 is 1.15 bits per heavy atom. The van der Waals surface area contributed by atoms with Crippen LogP contribution in [-0.4, -0.2) is 61.6 Å². The van der Waals surface area contributed by atoms with Gasteiger partial charge in [0, 0.05) is 32.1 Å². The first kappa shape index (κ1) is 15.8. The Morgan fingerprint density at radius 3 is 2.40 bits per heavy atom. The number of amides is 1. The van der Waals surface area contributed by atoms with Crippen molar-refractivity contribution in [3.63, 3.8) is 0 Å². The van der Waals surface area contributed by atoms with Gasteiger partial charge in [0.15, 0.2) is 0 Å². The van der Waals surface area contributed by atoms with Crippen molar-refractivity contribution in [2.24, 2.45) is 11.8 Å². The van der Waals surface area contributed by atoms with Crippen LogP contribution in [0.15, 0.2) is 0 Å². The Bertz CT molecular complexity index is 293. The summed E-state index contributed by atoms with van der Waals surface area (Å²) in [7, 11) is 0. The van der Waals surface area contributed by atoms with Gasteiger partial charge >= 0.3 is 0 Å². The van der Waals surface area contributed by atoms with Gasteiger partial charge in [-0.1, -0.05) is 13.8 Å². The SMILES string of the molecule is CC(C)C(=O)N1CCC(CCCN2CCOCC2)CC1. The van der Waals surface area contributed by atoms with Crippen molar-refractivity contribution < 1.29 is 9.53 Å². The molecular formula is C16H30N2O2. The number of morpholine rings is 1. The van der Waals surface area contributed by atoms with E-state index in [1.54, 1.807) is 0 Å². The molecule has 20 heavy (non-hydrogen) atoms. The number of carbonyl (C=O) groups is 1. The summed E-state index contributed by atoms with van der Waals surface area (Å²) in [6, 6.07) is 0. The lowest BCUT2D eigenvalue weighted by Crippen LogP contribution is -2.41. The van der Waals surface area contributed by atoms with Gasteiger partial charge in [-0.2, -0.15) is 0 Å². The number of ether oxygens (including phenoxy) is 1. The van der Waals surface area contributed by atoms with E-state index in [1.807, 2.05) is 13.8 Å². The molecule has 2 aliphatic rings. The molecule has 0 radical (unpaired) electrons. The van der Waals surface area contributed by atoms with Crippen LogP contribution in [0.2, 0.25) is 0 Å². The van der Waals surface area contributed by atoms with Crippen molar-refractivity contribution in [2.75, 3.05) is 45.9 Å².